The molecule has 3 nitrogen and oxygen atoms in total. The van der Waals surface area contributed by atoms with Gasteiger partial charge in [0.25, 0.3) is 0 Å². The molecule has 130 valence electrons. The molecule has 2 atom stereocenters. The fourth-order valence-electron chi connectivity index (χ4n) is 2.70. The molecule has 0 radical (unpaired) electrons. The van der Waals surface area contributed by atoms with Crippen molar-refractivity contribution in [2.24, 2.45) is 0 Å². The van der Waals surface area contributed by atoms with E-state index in [9.17, 15) is 5.11 Å². The third-order valence-corrected chi connectivity index (χ3v) is 4.17. The van der Waals surface area contributed by atoms with Crippen LogP contribution >= 0.6 is 0 Å². The molecule has 3 heteroatoms. The molecule has 0 unspecified atom stereocenters. The molecule has 0 aliphatic heterocycles. The molecule has 2 rings (SSSR count). The lowest BCUT2D eigenvalue weighted by Crippen LogP contribution is -2.33. The zero-order valence-corrected chi connectivity index (χ0v) is 14.9. The first-order chi connectivity index (χ1) is 11.6. The van der Waals surface area contributed by atoms with E-state index in [1.807, 2.05) is 24.3 Å². The first kappa shape index (κ1) is 18.5. The smallest absolute Gasteiger partial charge is 0.122 e. The van der Waals surface area contributed by atoms with E-state index >= 15 is 0 Å². The highest BCUT2D eigenvalue weighted by Gasteiger charge is 2.11. The van der Waals surface area contributed by atoms with Crippen molar-refractivity contribution in [3.05, 3.63) is 65.7 Å². The molecule has 24 heavy (non-hydrogen) atoms. The quantitative estimate of drug-likeness (QED) is 0.733. The molecule has 0 aliphatic rings. The van der Waals surface area contributed by atoms with Gasteiger partial charge < -0.3 is 15.2 Å². The van der Waals surface area contributed by atoms with Crippen molar-refractivity contribution in [1.82, 2.24) is 5.32 Å². The average molecular weight is 327 g/mol. The molecule has 2 aromatic carbocycles. The molecule has 0 bridgehead atoms. The van der Waals surface area contributed by atoms with Crippen molar-refractivity contribution in [2.75, 3.05) is 19.7 Å². The number of aliphatic hydroxyl groups is 1. The van der Waals surface area contributed by atoms with E-state index in [1.165, 1.54) is 11.1 Å². The number of hydrogen-bond acceptors (Lipinski definition) is 3. The molecule has 0 fully saturated rings. The second kappa shape index (κ2) is 9.45. The Morgan fingerprint density at radius 2 is 1.58 bits per heavy atom. The Hall–Kier alpha value is -1.84. The summed E-state index contributed by atoms with van der Waals surface area (Å²) in [7, 11) is 0. The predicted molar refractivity (Wildman–Crippen MR) is 99.8 cm³/mol. The van der Waals surface area contributed by atoms with Gasteiger partial charge in [0, 0.05) is 13.1 Å². The van der Waals surface area contributed by atoms with Gasteiger partial charge in [-0.05, 0) is 29.0 Å². The van der Waals surface area contributed by atoms with E-state index in [-0.39, 0.29) is 0 Å². The second-order valence-electron chi connectivity index (χ2n) is 6.63. The molecule has 0 heterocycles. The zero-order chi connectivity index (χ0) is 17.4. The number of aliphatic hydroxyl groups excluding tert-OH is 1. The maximum absolute atomic E-state index is 10.1. The number of ether oxygens (including phenoxy) is 1. The van der Waals surface area contributed by atoms with Gasteiger partial charge in [0.05, 0.1) is 0 Å². The van der Waals surface area contributed by atoms with Gasteiger partial charge >= 0.3 is 0 Å². The summed E-state index contributed by atoms with van der Waals surface area (Å²) in [5.41, 5.74) is 2.48. The van der Waals surface area contributed by atoms with Crippen molar-refractivity contribution in [3.8, 4) is 5.75 Å². The van der Waals surface area contributed by atoms with Crippen LogP contribution in [0.15, 0.2) is 54.6 Å². The molecule has 0 spiro atoms. The lowest BCUT2D eigenvalue weighted by molar-refractivity contribution is 0.105. The maximum atomic E-state index is 10.1. The summed E-state index contributed by atoms with van der Waals surface area (Å²) in [4.78, 5) is 0. The molecule has 2 N–H and O–H groups in total. The summed E-state index contributed by atoms with van der Waals surface area (Å²) < 4.78 is 5.81. The van der Waals surface area contributed by atoms with Gasteiger partial charge in [0.2, 0.25) is 0 Å². The monoisotopic (exact) mass is 327 g/mol. The zero-order valence-electron chi connectivity index (χ0n) is 14.9. The van der Waals surface area contributed by atoms with E-state index in [1.54, 1.807) is 0 Å². The number of nitrogens with one attached hydrogen (secondary N) is 1. The average Bonchev–Trinajstić information content (AvgIpc) is 2.60. The van der Waals surface area contributed by atoms with E-state index < -0.39 is 6.10 Å². The first-order valence-electron chi connectivity index (χ1n) is 8.73. The Bertz CT molecular complexity index is 598. The van der Waals surface area contributed by atoms with Crippen molar-refractivity contribution < 1.29 is 9.84 Å². The van der Waals surface area contributed by atoms with Gasteiger partial charge in [0.1, 0.15) is 18.5 Å². The Labute approximate surface area is 145 Å². The van der Waals surface area contributed by atoms with E-state index in [2.05, 4.69) is 56.4 Å². The van der Waals surface area contributed by atoms with E-state index in [0.29, 0.717) is 25.0 Å². The standard InChI is InChI=1S/C21H29NO2/c1-16(2)20-11-7-8-12-21(20)24-15-19(23)14-22-13-17(3)18-9-5-4-6-10-18/h4-12,16-17,19,22-23H,13-15H2,1-3H3/t17-,19+/m0/s1. The minimum absolute atomic E-state index is 0.302. The van der Waals surface area contributed by atoms with Crippen LogP contribution in [0, 0.1) is 0 Å². The van der Waals surface area contributed by atoms with E-state index in [4.69, 9.17) is 4.74 Å². The van der Waals surface area contributed by atoms with Crippen LogP contribution in [-0.4, -0.2) is 30.9 Å². The Morgan fingerprint density at radius 3 is 2.29 bits per heavy atom. The topological polar surface area (TPSA) is 41.5 Å². The van der Waals surface area contributed by atoms with Gasteiger partial charge in [-0.3, -0.25) is 0 Å². The Balaban J connectivity index is 1.73. The van der Waals surface area contributed by atoms with Crippen LogP contribution in [0.1, 0.15) is 43.7 Å². The van der Waals surface area contributed by atoms with Gasteiger partial charge in [0.15, 0.2) is 0 Å². The van der Waals surface area contributed by atoms with Crippen molar-refractivity contribution in [2.45, 2.75) is 38.7 Å². The Kier molecular flexibility index (Phi) is 7.29. The normalized spacial score (nSPS) is 13.7. The highest BCUT2D eigenvalue weighted by Crippen LogP contribution is 2.25. The second-order valence-corrected chi connectivity index (χ2v) is 6.63. The third kappa shape index (κ3) is 5.66. The van der Waals surface area contributed by atoms with Crippen LogP contribution < -0.4 is 10.1 Å². The molecular formula is C21H29NO2. The highest BCUT2D eigenvalue weighted by molar-refractivity contribution is 5.35. The van der Waals surface area contributed by atoms with Crippen LogP contribution in [0.3, 0.4) is 0 Å². The maximum Gasteiger partial charge on any atom is 0.122 e. The molecule has 0 aromatic heterocycles. The van der Waals surface area contributed by atoms with Crippen molar-refractivity contribution >= 4 is 0 Å². The molecule has 0 amide bonds. The minimum atomic E-state index is -0.520. The Morgan fingerprint density at radius 1 is 0.917 bits per heavy atom. The predicted octanol–water partition coefficient (Wildman–Crippen LogP) is 3.94. The van der Waals surface area contributed by atoms with Gasteiger partial charge in [-0.15, -0.1) is 0 Å². The van der Waals surface area contributed by atoms with Crippen molar-refractivity contribution in [3.63, 3.8) is 0 Å². The summed E-state index contributed by atoms with van der Waals surface area (Å²) in [6, 6.07) is 18.4. The largest absolute Gasteiger partial charge is 0.491 e. The van der Waals surface area contributed by atoms with Crippen molar-refractivity contribution in [1.29, 1.82) is 0 Å². The molecule has 0 saturated heterocycles. The van der Waals surface area contributed by atoms with Gasteiger partial charge in [-0.25, -0.2) is 0 Å². The number of hydrogen-bond donors (Lipinski definition) is 2. The third-order valence-electron chi connectivity index (χ3n) is 4.17. The highest BCUT2D eigenvalue weighted by atomic mass is 16.5. The molecule has 0 saturated carbocycles. The lowest BCUT2D eigenvalue weighted by Gasteiger charge is -2.18. The van der Waals surface area contributed by atoms with Gasteiger partial charge in [-0.2, -0.15) is 0 Å². The van der Waals surface area contributed by atoms with Crippen LogP contribution in [0.4, 0.5) is 0 Å². The SMILES string of the molecule is CC(C)c1ccccc1OC[C@H](O)CNC[C@H](C)c1ccccc1. The fourth-order valence-corrected chi connectivity index (χ4v) is 2.70. The fraction of sp³-hybridized carbons (Fsp3) is 0.429. The summed E-state index contributed by atoms with van der Waals surface area (Å²) in [6.45, 7) is 8.14. The number of para-hydroxylation sites is 1. The first-order valence-corrected chi connectivity index (χ1v) is 8.73. The van der Waals surface area contributed by atoms with Crippen LogP contribution in [0.5, 0.6) is 5.75 Å². The number of rotatable bonds is 9. The minimum Gasteiger partial charge on any atom is -0.491 e. The van der Waals surface area contributed by atoms with E-state index in [0.717, 1.165) is 12.3 Å². The number of benzene rings is 2. The summed E-state index contributed by atoms with van der Waals surface area (Å²) in [5, 5.41) is 13.5. The van der Waals surface area contributed by atoms with Crippen LogP contribution in [-0.2, 0) is 0 Å². The van der Waals surface area contributed by atoms with Gasteiger partial charge in [-0.1, -0.05) is 69.3 Å². The van der Waals surface area contributed by atoms with Crippen LogP contribution in [0.2, 0.25) is 0 Å². The molecular weight excluding hydrogens is 298 g/mol. The lowest BCUT2D eigenvalue weighted by atomic mass is 10.0. The molecule has 2 aromatic rings. The molecule has 0 aliphatic carbocycles. The summed E-state index contributed by atoms with van der Waals surface area (Å²) >= 11 is 0. The van der Waals surface area contributed by atoms with Crippen LogP contribution in [0.25, 0.3) is 0 Å². The summed E-state index contributed by atoms with van der Waals surface area (Å²) in [6.07, 6.45) is -0.520. The summed E-state index contributed by atoms with van der Waals surface area (Å²) in [5.74, 6) is 1.69.